The van der Waals surface area contributed by atoms with Gasteiger partial charge in [-0.3, -0.25) is 4.90 Å². The predicted octanol–water partition coefficient (Wildman–Crippen LogP) is 3.70. The largest absolute Gasteiger partial charge is 0.325 e. The van der Waals surface area contributed by atoms with Crippen LogP contribution in [0.4, 0.5) is 0 Å². The Morgan fingerprint density at radius 1 is 0.960 bits per heavy atom. The summed E-state index contributed by atoms with van der Waals surface area (Å²) in [6.07, 6.45) is 1.73. The van der Waals surface area contributed by atoms with Crippen LogP contribution in [0.15, 0.2) is 60.7 Å². The predicted molar refractivity (Wildman–Crippen MR) is 102 cm³/mol. The zero-order valence-corrected chi connectivity index (χ0v) is 15.2. The number of nitriles is 1. The first-order chi connectivity index (χ1) is 12.0. The molecule has 0 radical (unpaired) electrons. The Hall–Kier alpha value is -2.15. The van der Waals surface area contributed by atoms with Gasteiger partial charge in [0.05, 0.1) is 6.07 Å². The molecule has 130 valence electrons. The van der Waals surface area contributed by atoms with Crippen molar-refractivity contribution in [3.63, 3.8) is 0 Å². The third-order valence-corrected chi connectivity index (χ3v) is 5.60. The molecule has 0 aromatic heterocycles. The molecule has 3 heteroatoms. The molecule has 0 atom stereocenters. The van der Waals surface area contributed by atoms with Gasteiger partial charge in [-0.25, -0.2) is 0 Å². The first kappa shape index (κ1) is 17.7. The van der Waals surface area contributed by atoms with Gasteiger partial charge in [-0.15, -0.1) is 0 Å². The van der Waals surface area contributed by atoms with Crippen molar-refractivity contribution in [3.8, 4) is 6.07 Å². The number of benzene rings is 2. The molecule has 25 heavy (non-hydrogen) atoms. The van der Waals surface area contributed by atoms with E-state index in [4.69, 9.17) is 5.73 Å². The van der Waals surface area contributed by atoms with Gasteiger partial charge in [-0.1, -0.05) is 60.7 Å². The molecule has 2 N–H and O–H groups in total. The fraction of sp³-hybridized carbons (Fsp3) is 0.409. The van der Waals surface area contributed by atoms with Crippen LogP contribution in [0.1, 0.15) is 37.8 Å². The lowest BCUT2D eigenvalue weighted by molar-refractivity contribution is 0.0285. The van der Waals surface area contributed by atoms with E-state index in [0.29, 0.717) is 6.04 Å². The Bertz CT molecular complexity index is 685. The van der Waals surface area contributed by atoms with Gasteiger partial charge in [-0.2, -0.15) is 5.26 Å². The minimum atomic E-state index is -0.618. The quantitative estimate of drug-likeness (QED) is 0.877. The second-order valence-corrected chi connectivity index (χ2v) is 7.73. The summed E-state index contributed by atoms with van der Waals surface area (Å²) < 4.78 is 0. The molecule has 0 bridgehead atoms. The van der Waals surface area contributed by atoms with E-state index in [2.05, 4.69) is 49.1 Å². The highest BCUT2D eigenvalue weighted by atomic mass is 15.3. The maximum atomic E-state index is 10.2. The zero-order valence-electron chi connectivity index (χ0n) is 15.2. The van der Waals surface area contributed by atoms with Crippen LogP contribution in [0.5, 0.6) is 0 Å². The van der Waals surface area contributed by atoms with Crippen molar-refractivity contribution in [2.75, 3.05) is 13.1 Å². The number of likely N-dealkylation sites (tertiary alicyclic amines) is 1. The highest BCUT2D eigenvalue weighted by molar-refractivity contribution is 5.45. The van der Waals surface area contributed by atoms with Gasteiger partial charge in [-0.05, 0) is 37.8 Å². The SMILES string of the molecule is CC(C)(CCC(C#N)(c1ccccc1)c1ccccc1)N1CC(N)C1. The molecule has 3 rings (SSSR count). The molecule has 1 aliphatic rings. The Balaban J connectivity index is 1.91. The van der Waals surface area contributed by atoms with Crippen molar-refractivity contribution in [1.29, 1.82) is 5.26 Å². The average molecular weight is 333 g/mol. The van der Waals surface area contributed by atoms with Crippen molar-refractivity contribution in [2.24, 2.45) is 5.73 Å². The summed E-state index contributed by atoms with van der Waals surface area (Å²) in [6.45, 7) is 6.42. The molecule has 2 aromatic rings. The van der Waals surface area contributed by atoms with E-state index in [1.807, 2.05) is 36.4 Å². The van der Waals surface area contributed by atoms with Gasteiger partial charge in [0.2, 0.25) is 0 Å². The Morgan fingerprint density at radius 3 is 1.84 bits per heavy atom. The molecule has 0 unspecified atom stereocenters. The summed E-state index contributed by atoms with van der Waals surface area (Å²) in [5.74, 6) is 0. The van der Waals surface area contributed by atoms with Crippen LogP contribution >= 0.6 is 0 Å². The highest BCUT2D eigenvalue weighted by Crippen LogP contribution is 2.39. The van der Waals surface area contributed by atoms with Gasteiger partial charge in [0.15, 0.2) is 0 Å². The number of rotatable bonds is 6. The summed E-state index contributed by atoms with van der Waals surface area (Å²) in [5, 5.41) is 10.2. The first-order valence-electron chi connectivity index (χ1n) is 9.01. The van der Waals surface area contributed by atoms with Crippen LogP contribution in [0.3, 0.4) is 0 Å². The standard InChI is InChI=1S/C22H27N3/c1-21(2,25-15-20(24)16-25)13-14-22(17-23,18-9-5-3-6-10-18)19-11-7-4-8-12-19/h3-12,20H,13-16,24H2,1-2H3. The highest BCUT2D eigenvalue weighted by Gasteiger charge is 2.40. The van der Waals surface area contributed by atoms with Crippen LogP contribution in [-0.4, -0.2) is 29.6 Å². The number of hydrogen-bond acceptors (Lipinski definition) is 3. The molecule has 0 spiro atoms. The molecule has 0 amide bonds. The molecule has 1 fully saturated rings. The minimum absolute atomic E-state index is 0.0432. The van der Waals surface area contributed by atoms with Gasteiger partial charge in [0.1, 0.15) is 5.41 Å². The topological polar surface area (TPSA) is 53.0 Å². The Morgan fingerprint density at radius 2 is 1.44 bits per heavy atom. The lowest BCUT2D eigenvalue weighted by Crippen LogP contribution is -2.63. The molecule has 0 saturated carbocycles. The van der Waals surface area contributed by atoms with Crippen LogP contribution < -0.4 is 5.73 Å². The van der Waals surface area contributed by atoms with E-state index in [-0.39, 0.29) is 5.54 Å². The summed E-state index contributed by atoms with van der Waals surface area (Å²) in [6, 6.07) is 23.3. The molecule has 2 aromatic carbocycles. The molecule has 0 aliphatic carbocycles. The monoisotopic (exact) mass is 333 g/mol. The van der Waals surface area contributed by atoms with Crippen LogP contribution in [0.2, 0.25) is 0 Å². The Labute approximate surface area is 151 Å². The number of hydrogen-bond donors (Lipinski definition) is 1. The normalized spacial score (nSPS) is 16.2. The lowest BCUT2D eigenvalue weighted by Gasteiger charge is -2.49. The van der Waals surface area contributed by atoms with Crippen molar-refractivity contribution in [3.05, 3.63) is 71.8 Å². The zero-order chi connectivity index (χ0) is 17.9. The average Bonchev–Trinajstić information content (AvgIpc) is 2.62. The van der Waals surface area contributed by atoms with E-state index in [1.165, 1.54) is 0 Å². The van der Waals surface area contributed by atoms with Crippen molar-refractivity contribution >= 4 is 0 Å². The van der Waals surface area contributed by atoms with Gasteiger partial charge in [0, 0.05) is 24.7 Å². The fourth-order valence-corrected chi connectivity index (χ4v) is 3.74. The minimum Gasteiger partial charge on any atom is -0.325 e. The Kier molecular flexibility index (Phi) is 4.94. The van der Waals surface area contributed by atoms with Crippen molar-refractivity contribution < 1.29 is 0 Å². The summed E-state index contributed by atoms with van der Waals surface area (Å²) in [7, 11) is 0. The summed E-state index contributed by atoms with van der Waals surface area (Å²) >= 11 is 0. The van der Waals surface area contributed by atoms with Crippen LogP contribution in [0.25, 0.3) is 0 Å². The van der Waals surface area contributed by atoms with Gasteiger partial charge >= 0.3 is 0 Å². The number of nitrogens with zero attached hydrogens (tertiary/aromatic N) is 2. The third kappa shape index (κ3) is 3.46. The van der Waals surface area contributed by atoms with Gasteiger partial charge in [0.25, 0.3) is 0 Å². The van der Waals surface area contributed by atoms with Crippen molar-refractivity contribution in [1.82, 2.24) is 4.90 Å². The van der Waals surface area contributed by atoms with E-state index < -0.39 is 5.41 Å². The third-order valence-electron chi connectivity index (χ3n) is 5.60. The second-order valence-electron chi connectivity index (χ2n) is 7.73. The lowest BCUT2D eigenvalue weighted by atomic mass is 9.70. The molecule has 3 nitrogen and oxygen atoms in total. The first-order valence-corrected chi connectivity index (χ1v) is 9.01. The van der Waals surface area contributed by atoms with Gasteiger partial charge < -0.3 is 5.73 Å². The number of nitrogens with two attached hydrogens (primary N) is 1. The van der Waals surface area contributed by atoms with E-state index in [9.17, 15) is 5.26 Å². The van der Waals surface area contributed by atoms with E-state index in [0.717, 1.165) is 37.1 Å². The fourth-order valence-electron chi connectivity index (χ4n) is 3.74. The molecule has 1 aliphatic heterocycles. The molecular formula is C22H27N3. The molecule has 1 saturated heterocycles. The van der Waals surface area contributed by atoms with E-state index >= 15 is 0 Å². The smallest absolute Gasteiger partial charge is 0.107 e. The maximum absolute atomic E-state index is 10.2. The molecule has 1 heterocycles. The van der Waals surface area contributed by atoms with Crippen molar-refractivity contribution in [2.45, 2.75) is 43.7 Å². The summed E-state index contributed by atoms with van der Waals surface area (Å²) in [5.41, 5.74) is 7.53. The van der Waals surface area contributed by atoms with Crippen LogP contribution in [0, 0.1) is 11.3 Å². The van der Waals surface area contributed by atoms with E-state index in [1.54, 1.807) is 0 Å². The summed E-state index contributed by atoms with van der Waals surface area (Å²) in [4.78, 5) is 2.43. The maximum Gasteiger partial charge on any atom is 0.107 e. The van der Waals surface area contributed by atoms with Crippen LogP contribution in [-0.2, 0) is 5.41 Å². The molecular weight excluding hydrogens is 306 g/mol. The second kappa shape index (κ2) is 7.00.